The van der Waals surface area contributed by atoms with Gasteiger partial charge in [0.15, 0.2) is 0 Å². The van der Waals surface area contributed by atoms with Crippen molar-refractivity contribution < 1.29 is 4.79 Å². The summed E-state index contributed by atoms with van der Waals surface area (Å²) in [5.41, 5.74) is 0. The van der Waals surface area contributed by atoms with Crippen LogP contribution in [0.1, 0.15) is 28.9 Å². The summed E-state index contributed by atoms with van der Waals surface area (Å²) in [6, 6.07) is 1.85. The maximum absolute atomic E-state index is 11.9. The molecule has 0 aromatic carbocycles. The Morgan fingerprint density at radius 2 is 2.24 bits per heavy atom. The number of rotatable bonds is 3. The molecule has 1 aromatic rings. The maximum Gasteiger partial charge on any atom is 0.261 e. The van der Waals surface area contributed by atoms with Crippen LogP contribution in [0.5, 0.6) is 0 Å². The Kier molecular flexibility index (Phi) is 5.09. The number of halogens is 3. The first-order chi connectivity index (χ1) is 8.06. The molecule has 1 saturated carbocycles. The van der Waals surface area contributed by atoms with E-state index in [0.29, 0.717) is 10.7 Å². The van der Waals surface area contributed by atoms with Gasteiger partial charge >= 0.3 is 0 Å². The minimum Gasteiger partial charge on any atom is -0.351 e. The highest BCUT2D eigenvalue weighted by molar-refractivity contribution is 9.13. The van der Waals surface area contributed by atoms with Gasteiger partial charge in [-0.25, -0.2) is 0 Å². The fourth-order valence-electron chi connectivity index (χ4n) is 1.98. The van der Waals surface area contributed by atoms with Crippen LogP contribution in [0.25, 0.3) is 0 Å². The van der Waals surface area contributed by atoms with E-state index in [0.717, 1.165) is 26.1 Å². The summed E-state index contributed by atoms with van der Waals surface area (Å²) < 4.78 is 1.90. The van der Waals surface area contributed by atoms with Gasteiger partial charge in [0.05, 0.1) is 8.66 Å². The Bertz CT molecular complexity index is 401. The molecule has 0 spiro atoms. The second-order valence-electron chi connectivity index (χ2n) is 4.22. The minimum absolute atomic E-state index is 0.0272. The second-order valence-corrected chi connectivity index (χ2v) is 8.74. The van der Waals surface area contributed by atoms with E-state index in [2.05, 4.69) is 53.1 Å². The molecule has 1 N–H and O–H groups in total. The summed E-state index contributed by atoms with van der Waals surface area (Å²) in [5, 5.41) is 3.01. The molecule has 94 valence electrons. The van der Waals surface area contributed by atoms with E-state index in [9.17, 15) is 4.79 Å². The third kappa shape index (κ3) is 3.78. The molecular formula is C11H12Br3NOS. The largest absolute Gasteiger partial charge is 0.351 e. The number of hydrogen-bond donors (Lipinski definition) is 1. The van der Waals surface area contributed by atoms with Crippen LogP contribution in [0, 0.1) is 5.92 Å². The lowest BCUT2D eigenvalue weighted by Crippen LogP contribution is -2.27. The number of alkyl halides is 1. The monoisotopic (exact) mass is 443 g/mol. The summed E-state index contributed by atoms with van der Waals surface area (Å²) >= 11 is 11.9. The van der Waals surface area contributed by atoms with Crippen molar-refractivity contribution in [3.8, 4) is 0 Å². The number of thiophene rings is 1. The molecule has 1 amide bonds. The first-order valence-corrected chi connectivity index (χ1v) is 8.75. The Morgan fingerprint density at radius 1 is 1.47 bits per heavy atom. The van der Waals surface area contributed by atoms with Gasteiger partial charge in [0.2, 0.25) is 0 Å². The summed E-state index contributed by atoms with van der Waals surface area (Å²) in [7, 11) is 0. The molecule has 0 radical (unpaired) electrons. The van der Waals surface area contributed by atoms with Crippen molar-refractivity contribution in [2.45, 2.75) is 24.1 Å². The number of carbonyl (C=O) groups excluding carboxylic acids is 1. The Labute approximate surface area is 130 Å². The average molecular weight is 446 g/mol. The van der Waals surface area contributed by atoms with Crippen LogP contribution in [0.3, 0.4) is 0 Å². The topological polar surface area (TPSA) is 29.1 Å². The van der Waals surface area contributed by atoms with Gasteiger partial charge in [0.1, 0.15) is 0 Å². The van der Waals surface area contributed by atoms with Crippen LogP contribution in [-0.4, -0.2) is 17.3 Å². The average Bonchev–Trinajstić information content (AvgIpc) is 2.83. The van der Waals surface area contributed by atoms with E-state index in [4.69, 9.17) is 0 Å². The van der Waals surface area contributed by atoms with Crippen LogP contribution in [-0.2, 0) is 0 Å². The molecule has 1 heterocycles. The molecule has 6 heteroatoms. The lowest BCUT2D eigenvalue weighted by molar-refractivity contribution is 0.0951. The van der Waals surface area contributed by atoms with Crippen molar-refractivity contribution >= 4 is 65.0 Å². The van der Waals surface area contributed by atoms with Crippen molar-refractivity contribution in [3.63, 3.8) is 0 Å². The molecule has 0 aliphatic heterocycles. The second kappa shape index (κ2) is 6.17. The highest BCUT2D eigenvalue weighted by atomic mass is 79.9. The molecule has 0 saturated heterocycles. The van der Waals surface area contributed by atoms with Gasteiger partial charge in [-0.1, -0.05) is 15.9 Å². The molecule has 1 aromatic heterocycles. The number of hydrogen-bond acceptors (Lipinski definition) is 2. The van der Waals surface area contributed by atoms with E-state index < -0.39 is 0 Å². The SMILES string of the molecule is O=C(NCC1CCC(Br)C1)c1cc(Br)c(Br)s1. The molecule has 17 heavy (non-hydrogen) atoms. The van der Waals surface area contributed by atoms with Gasteiger partial charge in [-0.05, 0) is 63.1 Å². The highest BCUT2D eigenvalue weighted by Gasteiger charge is 2.23. The Balaban J connectivity index is 1.85. The van der Waals surface area contributed by atoms with Gasteiger partial charge in [-0.3, -0.25) is 4.79 Å². The summed E-state index contributed by atoms with van der Waals surface area (Å²) in [6.07, 6.45) is 3.59. The minimum atomic E-state index is 0.0272. The van der Waals surface area contributed by atoms with Crippen molar-refractivity contribution in [1.29, 1.82) is 0 Å². The summed E-state index contributed by atoms with van der Waals surface area (Å²) in [4.78, 5) is 13.3. The zero-order valence-corrected chi connectivity index (χ0v) is 14.6. The lowest BCUT2D eigenvalue weighted by atomic mass is 10.1. The Morgan fingerprint density at radius 3 is 2.76 bits per heavy atom. The van der Waals surface area contributed by atoms with Crippen LogP contribution in [0.2, 0.25) is 0 Å². The first kappa shape index (κ1) is 14.0. The molecule has 2 nitrogen and oxygen atoms in total. The quantitative estimate of drug-likeness (QED) is 0.678. The molecule has 0 bridgehead atoms. The highest BCUT2D eigenvalue weighted by Crippen LogP contribution is 2.33. The third-order valence-electron chi connectivity index (χ3n) is 2.90. The van der Waals surface area contributed by atoms with E-state index >= 15 is 0 Å². The van der Waals surface area contributed by atoms with Crippen molar-refractivity contribution in [1.82, 2.24) is 5.32 Å². The molecule has 2 atom stereocenters. The maximum atomic E-state index is 11.9. The van der Waals surface area contributed by atoms with E-state index in [1.165, 1.54) is 24.2 Å². The molecule has 1 aliphatic carbocycles. The molecular weight excluding hydrogens is 434 g/mol. The van der Waals surface area contributed by atoms with Gasteiger partial charge in [-0.2, -0.15) is 0 Å². The predicted molar refractivity (Wildman–Crippen MR) is 82.1 cm³/mol. The number of carbonyl (C=O) groups is 1. The molecule has 1 fully saturated rings. The van der Waals surface area contributed by atoms with Gasteiger partial charge < -0.3 is 5.32 Å². The van der Waals surface area contributed by atoms with Gasteiger partial charge in [-0.15, -0.1) is 11.3 Å². The fraction of sp³-hybridized carbons (Fsp3) is 0.545. The fourth-order valence-corrected chi connectivity index (χ4v) is 4.73. The molecule has 2 rings (SSSR count). The Hall–Kier alpha value is 0.610. The van der Waals surface area contributed by atoms with Gasteiger partial charge in [0, 0.05) is 15.8 Å². The van der Waals surface area contributed by atoms with Crippen LogP contribution in [0.15, 0.2) is 14.3 Å². The predicted octanol–water partition coefficient (Wildman–Crippen LogP) is 4.57. The zero-order chi connectivity index (χ0) is 12.4. The zero-order valence-electron chi connectivity index (χ0n) is 9.01. The third-order valence-corrected chi connectivity index (χ3v) is 6.98. The van der Waals surface area contributed by atoms with E-state index in [1.54, 1.807) is 0 Å². The summed E-state index contributed by atoms with van der Waals surface area (Å²) in [5.74, 6) is 0.648. The normalized spacial score (nSPS) is 23.9. The number of amides is 1. The number of nitrogens with one attached hydrogen (secondary N) is 1. The van der Waals surface area contributed by atoms with Crippen LogP contribution < -0.4 is 5.32 Å². The van der Waals surface area contributed by atoms with Crippen molar-refractivity contribution in [3.05, 3.63) is 19.2 Å². The summed E-state index contributed by atoms with van der Waals surface area (Å²) in [6.45, 7) is 0.786. The smallest absolute Gasteiger partial charge is 0.261 e. The van der Waals surface area contributed by atoms with Crippen LogP contribution >= 0.6 is 59.1 Å². The first-order valence-electron chi connectivity index (χ1n) is 5.43. The van der Waals surface area contributed by atoms with E-state index in [1.807, 2.05) is 6.07 Å². The standard InChI is InChI=1S/C11H12Br3NOS/c12-7-2-1-6(3-7)5-15-11(16)9-4-8(13)10(14)17-9/h4,6-7H,1-3,5H2,(H,15,16). The van der Waals surface area contributed by atoms with Crippen LogP contribution in [0.4, 0.5) is 0 Å². The van der Waals surface area contributed by atoms with Crippen molar-refractivity contribution in [2.75, 3.05) is 6.54 Å². The molecule has 1 aliphatic rings. The lowest BCUT2D eigenvalue weighted by Gasteiger charge is -2.09. The van der Waals surface area contributed by atoms with Gasteiger partial charge in [0.25, 0.3) is 5.91 Å². The van der Waals surface area contributed by atoms with E-state index in [-0.39, 0.29) is 5.91 Å². The molecule has 2 unspecified atom stereocenters. The van der Waals surface area contributed by atoms with Crippen molar-refractivity contribution in [2.24, 2.45) is 5.92 Å².